The van der Waals surface area contributed by atoms with Crippen LogP contribution in [0.15, 0.2) is 54.6 Å². The van der Waals surface area contributed by atoms with E-state index in [1.165, 1.54) is 11.1 Å². The molecule has 1 nitrogen and oxygen atoms in total. The van der Waals surface area contributed by atoms with Gasteiger partial charge in [0.1, 0.15) is 0 Å². The van der Waals surface area contributed by atoms with Crippen LogP contribution in [-0.4, -0.2) is 0 Å². The van der Waals surface area contributed by atoms with E-state index in [1.54, 1.807) is 0 Å². The molecule has 0 bridgehead atoms. The van der Waals surface area contributed by atoms with Gasteiger partial charge in [-0.1, -0.05) is 54.6 Å². The third-order valence-corrected chi connectivity index (χ3v) is 2.68. The first-order valence-electron chi connectivity index (χ1n) is 5.15. The number of hydrogen-bond donors (Lipinski definition) is 1. The van der Waals surface area contributed by atoms with Gasteiger partial charge in [-0.15, -0.1) is 0 Å². The fourth-order valence-corrected chi connectivity index (χ4v) is 1.78. The molecule has 2 rings (SSSR count). The molecule has 0 heterocycles. The zero-order valence-corrected chi connectivity index (χ0v) is 8.85. The SMILES string of the molecule is Cc1ccccc1C(N)c1ccccc1. The van der Waals surface area contributed by atoms with Crippen molar-refractivity contribution in [2.24, 2.45) is 5.73 Å². The number of aryl methyl sites for hydroxylation is 1. The minimum Gasteiger partial charge on any atom is -0.320 e. The molecule has 0 saturated carbocycles. The fourth-order valence-electron chi connectivity index (χ4n) is 1.78. The molecule has 2 aromatic carbocycles. The molecule has 0 aromatic heterocycles. The molecule has 2 aromatic rings. The Labute approximate surface area is 90.6 Å². The van der Waals surface area contributed by atoms with Crippen LogP contribution in [0.5, 0.6) is 0 Å². The van der Waals surface area contributed by atoms with E-state index in [2.05, 4.69) is 31.2 Å². The monoisotopic (exact) mass is 197 g/mol. The summed E-state index contributed by atoms with van der Waals surface area (Å²) in [5.74, 6) is 0. The van der Waals surface area contributed by atoms with Crippen LogP contribution in [0.3, 0.4) is 0 Å². The molecule has 1 heteroatoms. The van der Waals surface area contributed by atoms with Gasteiger partial charge in [-0.05, 0) is 23.6 Å². The molecule has 0 amide bonds. The summed E-state index contributed by atoms with van der Waals surface area (Å²) in [5.41, 5.74) is 9.82. The summed E-state index contributed by atoms with van der Waals surface area (Å²) in [6.07, 6.45) is 0. The number of benzene rings is 2. The minimum absolute atomic E-state index is 0.0209. The second-order valence-electron chi connectivity index (χ2n) is 3.74. The maximum atomic E-state index is 6.22. The van der Waals surface area contributed by atoms with Crippen molar-refractivity contribution in [3.05, 3.63) is 71.3 Å². The summed E-state index contributed by atoms with van der Waals surface area (Å²) in [7, 11) is 0. The van der Waals surface area contributed by atoms with Crippen molar-refractivity contribution in [3.8, 4) is 0 Å². The van der Waals surface area contributed by atoms with Crippen molar-refractivity contribution in [3.63, 3.8) is 0 Å². The van der Waals surface area contributed by atoms with E-state index in [4.69, 9.17) is 5.73 Å². The van der Waals surface area contributed by atoms with Gasteiger partial charge in [0.15, 0.2) is 0 Å². The van der Waals surface area contributed by atoms with Gasteiger partial charge in [0, 0.05) is 0 Å². The maximum Gasteiger partial charge on any atom is 0.0554 e. The summed E-state index contributed by atoms with van der Waals surface area (Å²) < 4.78 is 0. The second kappa shape index (κ2) is 4.28. The Kier molecular flexibility index (Phi) is 2.84. The van der Waals surface area contributed by atoms with Crippen LogP contribution in [0.4, 0.5) is 0 Å². The lowest BCUT2D eigenvalue weighted by molar-refractivity contribution is 0.862. The van der Waals surface area contributed by atoms with Crippen LogP contribution >= 0.6 is 0 Å². The molecule has 0 saturated heterocycles. The van der Waals surface area contributed by atoms with E-state index >= 15 is 0 Å². The third-order valence-electron chi connectivity index (χ3n) is 2.68. The predicted molar refractivity (Wildman–Crippen MR) is 63.7 cm³/mol. The number of nitrogens with two attached hydrogens (primary N) is 1. The summed E-state index contributed by atoms with van der Waals surface area (Å²) in [6, 6.07) is 18.4. The van der Waals surface area contributed by atoms with Gasteiger partial charge in [0.05, 0.1) is 6.04 Å². The Morgan fingerprint density at radius 2 is 1.47 bits per heavy atom. The van der Waals surface area contributed by atoms with Gasteiger partial charge >= 0.3 is 0 Å². The second-order valence-corrected chi connectivity index (χ2v) is 3.74. The van der Waals surface area contributed by atoms with E-state index in [0.717, 1.165) is 5.56 Å². The number of hydrogen-bond acceptors (Lipinski definition) is 1. The minimum atomic E-state index is -0.0209. The van der Waals surface area contributed by atoms with E-state index in [9.17, 15) is 0 Å². The number of rotatable bonds is 2. The Morgan fingerprint density at radius 1 is 0.867 bits per heavy atom. The van der Waals surface area contributed by atoms with Crippen molar-refractivity contribution >= 4 is 0 Å². The highest BCUT2D eigenvalue weighted by Gasteiger charge is 2.09. The maximum absolute atomic E-state index is 6.22. The summed E-state index contributed by atoms with van der Waals surface area (Å²) in [5, 5.41) is 0. The predicted octanol–water partition coefficient (Wildman–Crippen LogP) is 3.04. The van der Waals surface area contributed by atoms with E-state index in [0.29, 0.717) is 0 Å². The average Bonchev–Trinajstić information content (AvgIpc) is 2.30. The quantitative estimate of drug-likeness (QED) is 0.786. The first-order valence-corrected chi connectivity index (χ1v) is 5.15. The van der Waals surface area contributed by atoms with Crippen molar-refractivity contribution in [1.82, 2.24) is 0 Å². The van der Waals surface area contributed by atoms with Crippen molar-refractivity contribution in [2.45, 2.75) is 13.0 Å². The van der Waals surface area contributed by atoms with Crippen LogP contribution in [0.25, 0.3) is 0 Å². The fraction of sp³-hybridized carbons (Fsp3) is 0.143. The molecule has 0 aliphatic rings. The highest BCUT2D eigenvalue weighted by molar-refractivity contribution is 5.36. The zero-order chi connectivity index (χ0) is 10.7. The van der Waals surface area contributed by atoms with Crippen LogP contribution in [0.2, 0.25) is 0 Å². The van der Waals surface area contributed by atoms with E-state index < -0.39 is 0 Å². The molecular weight excluding hydrogens is 182 g/mol. The van der Waals surface area contributed by atoms with E-state index in [-0.39, 0.29) is 6.04 Å². The van der Waals surface area contributed by atoms with Crippen LogP contribution in [0, 0.1) is 6.92 Å². The standard InChI is InChI=1S/C14H15N/c1-11-7-5-6-10-13(11)14(15)12-8-3-2-4-9-12/h2-10,14H,15H2,1H3. The molecule has 0 radical (unpaired) electrons. The van der Waals surface area contributed by atoms with Crippen LogP contribution < -0.4 is 5.73 Å². The van der Waals surface area contributed by atoms with Gasteiger partial charge < -0.3 is 5.73 Å². The molecule has 0 fully saturated rings. The van der Waals surface area contributed by atoms with E-state index in [1.807, 2.05) is 30.3 Å². The molecule has 15 heavy (non-hydrogen) atoms. The Bertz CT molecular complexity index is 434. The Balaban J connectivity index is 2.37. The van der Waals surface area contributed by atoms with Crippen LogP contribution in [0.1, 0.15) is 22.7 Å². The molecule has 1 unspecified atom stereocenters. The van der Waals surface area contributed by atoms with Gasteiger partial charge in [-0.3, -0.25) is 0 Å². The van der Waals surface area contributed by atoms with Gasteiger partial charge in [-0.25, -0.2) is 0 Å². The molecule has 0 aliphatic carbocycles. The third kappa shape index (κ3) is 2.08. The topological polar surface area (TPSA) is 26.0 Å². The van der Waals surface area contributed by atoms with Gasteiger partial charge in [0.2, 0.25) is 0 Å². The smallest absolute Gasteiger partial charge is 0.0554 e. The molecule has 76 valence electrons. The average molecular weight is 197 g/mol. The largest absolute Gasteiger partial charge is 0.320 e. The lowest BCUT2D eigenvalue weighted by atomic mass is 9.96. The highest BCUT2D eigenvalue weighted by Crippen LogP contribution is 2.21. The molecular formula is C14H15N. The highest BCUT2D eigenvalue weighted by atomic mass is 14.6. The molecule has 0 aliphatic heterocycles. The normalized spacial score (nSPS) is 12.4. The summed E-state index contributed by atoms with van der Waals surface area (Å²) in [4.78, 5) is 0. The zero-order valence-electron chi connectivity index (χ0n) is 8.85. The van der Waals surface area contributed by atoms with Crippen molar-refractivity contribution in [2.75, 3.05) is 0 Å². The summed E-state index contributed by atoms with van der Waals surface area (Å²) in [6.45, 7) is 2.10. The molecule has 0 spiro atoms. The molecule has 1 atom stereocenters. The van der Waals surface area contributed by atoms with Gasteiger partial charge in [0.25, 0.3) is 0 Å². The Morgan fingerprint density at radius 3 is 2.13 bits per heavy atom. The Hall–Kier alpha value is -1.60. The first-order chi connectivity index (χ1) is 7.29. The van der Waals surface area contributed by atoms with Crippen molar-refractivity contribution < 1.29 is 0 Å². The lowest BCUT2D eigenvalue weighted by Gasteiger charge is -2.14. The first kappa shape index (κ1) is 9.94. The summed E-state index contributed by atoms with van der Waals surface area (Å²) >= 11 is 0. The van der Waals surface area contributed by atoms with Crippen LogP contribution in [-0.2, 0) is 0 Å². The van der Waals surface area contributed by atoms with Gasteiger partial charge in [-0.2, -0.15) is 0 Å². The van der Waals surface area contributed by atoms with Crippen molar-refractivity contribution in [1.29, 1.82) is 0 Å². The lowest BCUT2D eigenvalue weighted by Crippen LogP contribution is -2.12. The molecule has 2 N–H and O–H groups in total.